The first-order valence-electron chi connectivity index (χ1n) is 6.15. The summed E-state index contributed by atoms with van der Waals surface area (Å²) in [6.45, 7) is 0. The van der Waals surface area contributed by atoms with Crippen molar-refractivity contribution < 1.29 is 4.21 Å². The van der Waals surface area contributed by atoms with Crippen LogP contribution in [-0.4, -0.2) is 11.3 Å². The lowest BCUT2D eigenvalue weighted by Gasteiger charge is -2.04. The highest BCUT2D eigenvalue weighted by Crippen LogP contribution is 2.14. The third kappa shape index (κ3) is 3.55. The molecule has 0 fully saturated rings. The van der Waals surface area contributed by atoms with Crippen molar-refractivity contribution in [2.75, 3.05) is 7.05 Å². The first-order valence-corrected chi connectivity index (χ1v) is 7.73. The van der Waals surface area contributed by atoms with Gasteiger partial charge < -0.3 is 0 Å². The molecule has 0 saturated carbocycles. The average Bonchev–Trinajstić information content (AvgIpc) is 2.49. The number of hydrogen-bond donors (Lipinski definition) is 0. The van der Waals surface area contributed by atoms with Gasteiger partial charge in [0.25, 0.3) is 0 Å². The summed E-state index contributed by atoms with van der Waals surface area (Å²) < 4.78 is 16.8. The Balaban J connectivity index is 2.19. The van der Waals surface area contributed by atoms with Gasteiger partial charge in [0, 0.05) is 12.5 Å². The molecule has 0 bridgehead atoms. The second-order valence-corrected chi connectivity index (χ2v) is 6.37. The van der Waals surface area contributed by atoms with Crippen molar-refractivity contribution in [3.8, 4) is 0 Å². The fourth-order valence-corrected chi connectivity index (χ4v) is 3.18. The van der Waals surface area contributed by atoms with Gasteiger partial charge in [0.1, 0.15) is 0 Å². The van der Waals surface area contributed by atoms with Gasteiger partial charge in [-0.2, -0.15) is 0 Å². The van der Waals surface area contributed by atoms with Crippen LogP contribution in [0.5, 0.6) is 0 Å². The number of allylic oxidation sites excluding steroid dienone is 1. The topological polar surface area (TPSA) is 29.4 Å². The summed E-state index contributed by atoms with van der Waals surface area (Å²) in [7, 11) is -0.832. The fraction of sp³-hybridized carbons (Fsp3) is 0.125. The molecule has 19 heavy (non-hydrogen) atoms. The van der Waals surface area contributed by atoms with E-state index in [9.17, 15) is 4.21 Å². The Hall–Kier alpha value is -1.87. The molecule has 3 heteroatoms. The van der Waals surface area contributed by atoms with Crippen LogP contribution in [0.4, 0.5) is 0 Å². The van der Waals surface area contributed by atoms with E-state index >= 15 is 0 Å². The van der Waals surface area contributed by atoms with Crippen LogP contribution >= 0.6 is 0 Å². The van der Waals surface area contributed by atoms with Crippen LogP contribution in [0.15, 0.2) is 81.4 Å². The van der Waals surface area contributed by atoms with Gasteiger partial charge in [0.05, 0.1) is 14.6 Å². The zero-order valence-corrected chi connectivity index (χ0v) is 11.7. The van der Waals surface area contributed by atoms with Gasteiger partial charge in [-0.3, -0.25) is 0 Å². The maximum absolute atomic E-state index is 12.7. The lowest BCUT2D eigenvalue weighted by molar-refractivity contribution is 0.682. The smallest absolute Gasteiger partial charge is 0.0963 e. The Labute approximate surface area is 115 Å². The molecule has 2 aromatic carbocycles. The van der Waals surface area contributed by atoms with Gasteiger partial charge in [-0.25, -0.2) is 8.57 Å². The highest BCUT2D eigenvalue weighted by Gasteiger charge is 2.05. The molecule has 2 nitrogen and oxygen atoms in total. The van der Waals surface area contributed by atoms with Crippen LogP contribution in [0.3, 0.4) is 0 Å². The largest absolute Gasteiger partial charge is 0.240 e. The SMILES string of the molecule is CN=[S@](=O)(/C=C/Cc1ccccc1)c1ccccc1. The first-order chi connectivity index (χ1) is 9.24. The molecule has 0 saturated heterocycles. The predicted molar refractivity (Wildman–Crippen MR) is 80.5 cm³/mol. The molecule has 0 aliphatic rings. The van der Waals surface area contributed by atoms with Crippen molar-refractivity contribution in [2.45, 2.75) is 11.3 Å². The minimum absolute atomic E-state index is 0.752. The summed E-state index contributed by atoms with van der Waals surface area (Å²) in [5.74, 6) is 0. The third-order valence-electron chi connectivity index (χ3n) is 2.83. The van der Waals surface area contributed by atoms with Crippen molar-refractivity contribution in [1.29, 1.82) is 0 Å². The number of hydrogen-bond acceptors (Lipinski definition) is 2. The molecule has 2 rings (SSSR count). The highest BCUT2D eigenvalue weighted by atomic mass is 32.2. The second kappa shape index (κ2) is 6.34. The Morgan fingerprint density at radius 2 is 1.58 bits per heavy atom. The molecule has 1 atom stereocenters. The van der Waals surface area contributed by atoms with Gasteiger partial charge in [-0.1, -0.05) is 54.6 Å². The Morgan fingerprint density at radius 3 is 2.16 bits per heavy atom. The average molecular weight is 271 g/mol. The number of benzene rings is 2. The minimum Gasteiger partial charge on any atom is -0.240 e. The van der Waals surface area contributed by atoms with Crippen molar-refractivity contribution in [2.24, 2.45) is 4.36 Å². The van der Waals surface area contributed by atoms with Gasteiger partial charge in [0.15, 0.2) is 0 Å². The third-order valence-corrected chi connectivity index (χ3v) is 4.88. The van der Waals surface area contributed by atoms with Gasteiger partial charge in [-0.05, 0) is 24.1 Å². The predicted octanol–water partition coefficient (Wildman–Crippen LogP) is 3.90. The molecular formula is C16H17NOS. The molecule has 0 radical (unpaired) electrons. The molecule has 0 spiro atoms. The maximum atomic E-state index is 12.7. The summed E-state index contributed by atoms with van der Waals surface area (Å²) in [6, 6.07) is 19.5. The quantitative estimate of drug-likeness (QED) is 0.829. The van der Waals surface area contributed by atoms with Gasteiger partial charge in [0.2, 0.25) is 0 Å². The molecular weight excluding hydrogens is 254 g/mol. The maximum Gasteiger partial charge on any atom is 0.0963 e. The zero-order chi connectivity index (χ0) is 13.6. The minimum atomic E-state index is -2.43. The van der Waals surface area contributed by atoms with Gasteiger partial charge in [-0.15, -0.1) is 0 Å². The van der Waals surface area contributed by atoms with E-state index < -0.39 is 9.73 Å². The van der Waals surface area contributed by atoms with Gasteiger partial charge >= 0.3 is 0 Å². The van der Waals surface area contributed by atoms with E-state index in [-0.39, 0.29) is 0 Å². The van der Waals surface area contributed by atoms with E-state index in [2.05, 4.69) is 16.5 Å². The van der Waals surface area contributed by atoms with Crippen LogP contribution in [-0.2, 0) is 16.1 Å². The summed E-state index contributed by atoms with van der Waals surface area (Å²) in [5, 5.41) is 1.72. The van der Waals surface area contributed by atoms with Crippen molar-refractivity contribution in [3.63, 3.8) is 0 Å². The molecule has 0 unspecified atom stereocenters. The van der Waals surface area contributed by atoms with E-state index in [4.69, 9.17) is 0 Å². The van der Waals surface area contributed by atoms with Crippen molar-refractivity contribution in [3.05, 3.63) is 77.7 Å². The van der Waals surface area contributed by atoms with E-state index in [0.29, 0.717) is 0 Å². The van der Waals surface area contributed by atoms with Crippen LogP contribution in [0.25, 0.3) is 0 Å². The molecule has 0 heterocycles. The Morgan fingerprint density at radius 1 is 1.00 bits per heavy atom. The van der Waals surface area contributed by atoms with Crippen LogP contribution in [0.1, 0.15) is 5.56 Å². The summed E-state index contributed by atoms with van der Waals surface area (Å²) >= 11 is 0. The van der Waals surface area contributed by atoms with Crippen LogP contribution < -0.4 is 0 Å². The van der Waals surface area contributed by atoms with E-state index in [1.165, 1.54) is 5.56 Å². The van der Waals surface area contributed by atoms with Crippen LogP contribution in [0, 0.1) is 0 Å². The highest BCUT2D eigenvalue weighted by molar-refractivity contribution is 7.96. The fourth-order valence-electron chi connectivity index (χ4n) is 1.79. The van der Waals surface area contributed by atoms with E-state index in [0.717, 1.165) is 11.3 Å². The van der Waals surface area contributed by atoms with E-state index in [1.54, 1.807) is 12.5 Å². The molecule has 0 aliphatic heterocycles. The summed E-state index contributed by atoms with van der Waals surface area (Å²) in [4.78, 5) is 0.752. The Bertz CT molecular complexity index is 654. The first kappa shape index (κ1) is 13.6. The standard InChI is InChI=1S/C16H17NOS/c1-17-19(18,16-12-6-3-7-13-16)14-8-11-15-9-4-2-5-10-15/h2-10,12-14H,11H2,1H3/b14-8+/t19-/m0/s1. The molecule has 98 valence electrons. The molecule has 0 N–H and O–H groups in total. The van der Waals surface area contributed by atoms with Crippen molar-refractivity contribution in [1.82, 2.24) is 0 Å². The molecule has 0 amide bonds. The van der Waals surface area contributed by atoms with E-state index in [1.807, 2.05) is 54.6 Å². The molecule has 0 aliphatic carbocycles. The lowest BCUT2D eigenvalue weighted by atomic mass is 10.2. The number of rotatable bonds is 4. The van der Waals surface area contributed by atoms with Crippen LogP contribution in [0.2, 0.25) is 0 Å². The Kier molecular flexibility index (Phi) is 4.53. The second-order valence-electron chi connectivity index (χ2n) is 4.13. The number of nitrogens with zero attached hydrogens (tertiary/aromatic N) is 1. The summed E-state index contributed by atoms with van der Waals surface area (Å²) in [5.41, 5.74) is 1.20. The summed E-state index contributed by atoms with van der Waals surface area (Å²) in [6.07, 6.45) is 2.69. The molecule has 2 aromatic rings. The normalized spacial score (nSPS) is 14.2. The van der Waals surface area contributed by atoms with Crippen molar-refractivity contribution >= 4 is 9.73 Å². The lowest BCUT2D eigenvalue weighted by Crippen LogP contribution is -1.96. The monoisotopic (exact) mass is 271 g/mol. The zero-order valence-electron chi connectivity index (χ0n) is 10.9. The molecule has 0 aromatic heterocycles.